The summed E-state index contributed by atoms with van der Waals surface area (Å²) in [4.78, 5) is 35.1. The van der Waals surface area contributed by atoms with Crippen molar-refractivity contribution in [3.8, 4) is 0 Å². The largest absolute Gasteiger partial charge is 0.481 e. The van der Waals surface area contributed by atoms with Crippen LogP contribution in [0.15, 0.2) is 41.1 Å². The molecule has 6 nitrogen and oxygen atoms in total. The van der Waals surface area contributed by atoms with Gasteiger partial charge in [-0.2, -0.15) is 11.3 Å². The Kier molecular flexibility index (Phi) is 7.35. The van der Waals surface area contributed by atoms with E-state index in [9.17, 15) is 19.5 Å². The third kappa shape index (κ3) is 6.33. The lowest BCUT2D eigenvalue weighted by atomic mass is 9.98. The number of nitrogens with one attached hydrogen (secondary N) is 2. The van der Waals surface area contributed by atoms with Crippen LogP contribution in [-0.4, -0.2) is 36.0 Å². The minimum atomic E-state index is -0.947. The second-order valence-corrected chi connectivity index (χ2v) is 6.83. The fraction of sp³-hybridized carbons (Fsp3) is 0.316. The van der Waals surface area contributed by atoms with E-state index in [4.69, 9.17) is 0 Å². The highest BCUT2D eigenvalue weighted by Gasteiger charge is 2.19. The predicted molar refractivity (Wildman–Crippen MR) is 100 cm³/mol. The SMILES string of the molecule is Cc1cccc(CC(CNC(=O)CCNC(=O)c2ccsc2)C(=O)O)c1. The molecule has 0 spiro atoms. The highest BCUT2D eigenvalue weighted by molar-refractivity contribution is 7.08. The van der Waals surface area contributed by atoms with Crippen molar-refractivity contribution >= 4 is 29.1 Å². The Balaban J connectivity index is 1.74. The maximum atomic E-state index is 11.9. The topological polar surface area (TPSA) is 95.5 Å². The first-order valence-electron chi connectivity index (χ1n) is 8.31. The van der Waals surface area contributed by atoms with Gasteiger partial charge in [0.05, 0.1) is 5.92 Å². The van der Waals surface area contributed by atoms with E-state index in [1.807, 2.05) is 36.6 Å². The molecule has 1 heterocycles. The van der Waals surface area contributed by atoms with Gasteiger partial charge >= 0.3 is 5.97 Å². The number of rotatable bonds is 9. The van der Waals surface area contributed by atoms with Crippen LogP contribution in [-0.2, 0) is 16.0 Å². The van der Waals surface area contributed by atoms with Crippen LogP contribution in [0.2, 0.25) is 0 Å². The van der Waals surface area contributed by atoms with Crippen molar-refractivity contribution in [2.45, 2.75) is 19.8 Å². The average molecular weight is 374 g/mol. The van der Waals surface area contributed by atoms with Gasteiger partial charge in [0.1, 0.15) is 0 Å². The smallest absolute Gasteiger partial charge is 0.308 e. The Morgan fingerprint density at radius 1 is 1.19 bits per heavy atom. The Hall–Kier alpha value is -2.67. The lowest BCUT2D eigenvalue weighted by Crippen LogP contribution is -2.36. The van der Waals surface area contributed by atoms with Gasteiger partial charge in [0.2, 0.25) is 5.91 Å². The first-order valence-corrected chi connectivity index (χ1v) is 9.25. The van der Waals surface area contributed by atoms with Crippen molar-refractivity contribution in [2.24, 2.45) is 5.92 Å². The summed E-state index contributed by atoms with van der Waals surface area (Å²) >= 11 is 1.43. The van der Waals surface area contributed by atoms with Crippen molar-refractivity contribution in [3.05, 3.63) is 57.8 Å². The number of benzene rings is 1. The quantitative estimate of drug-likeness (QED) is 0.627. The molecule has 1 unspecified atom stereocenters. The van der Waals surface area contributed by atoms with E-state index < -0.39 is 11.9 Å². The first kappa shape index (κ1) is 19.7. The maximum absolute atomic E-state index is 11.9. The van der Waals surface area contributed by atoms with Gasteiger partial charge in [0.15, 0.2) is 0 Å². The Bertz CT molecular complexity index is 759. The molecule has 0 fully saturated rings. The molecule has 0 aliphatic carbocycles. The number of carboxylic acids is 1. The molecule has 0 aliphatic heterocycles. The van der Waals surface area contributed by atoms with Gasteiger partial charge in [-0.3, -0.25) is 14.4 Å². The van der Waals surface area contributed by atoms with Gasteiger partial charge in [0.25, 0.3) is 5.91 Å². The van der Waals surface area contributed by atoms with E-state index in [1.54, 1.807) is 11.4 Å². The molecule has 0 saturated heterocycles. The van der Waals surface area contributed by atoms with E-state index in [0.29, 0.717) is 12.0 Å². The molecule has 1 aromatic heterocycles. The van der Waals surface area contributed by atoms with Gasteiger partial charge in [-0.25, -0.2) is 0 Å². The standard InChI is InChI=1S/C19H22N2O4S/c1-13-3-2-4-14(9-13)10-16(19(24)25)11-21-17(22)5-7-20-18(23)15-6-8-26-12-15/h2-4,6,8-9,12,16H,5,7,10-11H2,1H3,(H,20,23)(H,21,22)(H,24,25). The normalized spacial score (nSPS) is 11.6. The van der Waals surface area contributed by atoms with Gasteiger partial charge in [-0.15, -0.1) is 0 Å². The molecule has 2 amide bonds. The molecule has 0 radical (unpaired) electrons. The minimum Gasteiger partial charge on any atom is -0.481 e. The van der Waals surface area contributed by atoms with Gasteiger partial charge in [0, 0.05) is 30.5 Å². The second kappa shape index (κ2) is 9.72. The number of aryl methyl sites for hydroxylation is 1. The summed E-state index contributed by atoms with van der Waals surface area (Å²) in [7, 11) is 0. The zero-order chi connectivity index (χ0) is 18.9. The molecule has 3 N–H and O–H groups in total. The van der Waals surface area contributed by atoms with Crippen LogP contribution >= 0.6 is 11.3 Å². The number of carboxylic acid groups (broad SMARTS) is 1. The van der Waals surface area contributed by atoms with Crippen molar-refractivity contribution in [3.63, 3.8) is 0 Å². The van der Waals surface area contributed by atoms with E-state index in [0.717, 1.165) is 11.1 Å². The number of amides is 2. The molecular formula is C19H22N2O4S. The highest BCUT2D eigenvalue weighted by atomic mass is 32.1. The molecule has 1 aromatic carbocycles. The molecule has 2 aromatic rings. The molecule has 26 heavy (non-hydrogen) atoms. The summed E-state index contributed by atoms with van der Waals surface area (Å²) in [5, 5.41) is 18.2. The summed E-state index contributed by atoms with van der Waals surface area (Å²) in [5.74, 6) is -2.15. The summed E-state index contributed by atoms with van der Waals surface area (Å²) < 4.78 is 0. The third-order valence-corrected chi connectivity index (χ3v) is 4.56. The first-order chi connectivity index (χ1) is 12.5. The van der Waals surface area contributed by atoms with Crippen LogP contribution in [0.1, 0.15) is 27.9 Å². The van der Waals surface area contributed by atoms with Crippen LogP contribution in [0.25, 0.3) is 0 Å². The fourth-order valence-corrected chi connectivity index (χ4v) is 3.12. The van der Waals surface area contributed by atoms with Gasteiger partial charge in [-0.05, 0) is 30.4 Å². The van der Waals surface area contributed by atoms with E-state index >= 15 is 0 Å². The van der Waals surface area contributed by atoms with Crippen LogP contribution in [0.3, 0.4) is 0 Å². The zero-order valence-corrected chi connectivity index (χ0v) is 15.3. The van der Waals surface area contributed by atoms with E-state index in [-0.39, 0.29) is 31.3 Å². The Morgan fingerprint density at radius 2 is 2.00 bits per heavy atom. The van der Waals surface area contributed by atoms with Gasteiger partial charge in [-0.1, -0.05) is 29.8 Å². The summed E-state index contributed by atoms with van der Waals surface area (Å²) in [6, 6.07) is 9.37. The van der Waals surface area contributed by atoms with Crippen molar-refractivity contribution in [2.75, 3.05) is 13.1 Å². The number of hydrogen-bond acceptors (Lipinski definition) is 4. The molecule has 138 valence electrons. The van der Waals surface area contributed by atoms with Crippen molar-refractivity contribution in [1.82, 2.24) is 10.6 Å². The molecule has 7 heteroatoms. The lowest BCUT2D eigenvalue weighted by Gasteiger charge is -2.14. The molecule has 0 bridgehead atoms. The number of carbonyl (C=O) groups is 3. The molecule has 1 atom stereocenters. The van der Waals surface area contributed by atoms with E-state index in [1.165, 1.54) is 11.3 Å². The maximum Gasteiger partial charge on any atom is 0.308 e. The number of carbonyl (C=O) groups excluding carboxylic acids is 2. The van der Waals surface area contributed by atoms with E-state index in [2.05, 4.69) is 10.6 Å². The van der Waals surface area contributed by atoms with Crippen LogP contribution in [0.5, 0.6) is 0 Å². The molecular weight excluding hydrogens is 352 g/mol. The summed E-state index contributed by atoms with van der Waals surface area (Å²) in [6.07, 6.45) is 0.457. The molecule has 2 rings (SSSR count). The monoisotopic (exact) mass is 374 g/mol. The second-order valence-electron chi connectivity index (χ2n) is 6.05. The minimum absolute atomic E-state index is 0.0561. The van der Waals surface area contributed by atoms with Crippen molar-refractivity contribution in [1.29, 1.82) is 0 Å². The molecule has 0 saturated carbocycles. The Morgan fingerprint density at radius 3 is 2.65 bits per heavy atom. The lowest BCUT2D eigenvalue weighted by molar-refractivity contribution is -0.141. The van der Waals surface area contributed by atoms with Gasteiger partial charge < -0.3 is 15.7 Å². The zero-order valence-electron chi connectivity index (χ0n) is 14.5. The number of thiophene rings is 1. The summed E-state index contributed by atoms with van der Waals surface area (Å²) in [6.45, 7) is 2.21. The van der Waals surface area contributed by atoms with Crippen LogP contribution in [0.4, 0.5) is 0 Å². The fourth-order valence-electron chi connectivity index (χ4n) is 2.48. The van der Waals surface area contributed by atoms with Crippen LogP contribution < -0.4 is 10.6 Å². The third-order valence-electron chi connectivity index (χ3n) is 3.88. The average Bonchev–Trinajstić information content (AvgIpc) is 3.13. The highest BCUT2D eigenvalue weighted by Crippen LogP contribution is 2.11. The number of hydrogen-bond donors (Lipinski definition) is 3. The molecule has 0 aliphatic rings. The predicted octanol–water partition coefficient (Wildman–Crippen LogP) is 2.24. The number of aliphatic carboxylic acids is 1. The Labute approximate surface area is 156 Å². The van der Waals surface area contributed by atoms with Crippen LogP contribution in [0, 0.1) is 12.8 Å². The van der Waals surface area contributed by atoms with Crippen molar-refractivity contribution < 1.29 is 19.5 Å². The summed E-state index contributed by atoms with van der Waals surface area (Å²) in [5.41, 5.74) is 2.56.